The Morgan fingerprint density at radius 3 is 2.90 bits per heavy atom. The van der Waals surface area contributed by atoms with E-state index in [0.29, 0.717) is 24.3 Å². The SMILES string of the molecule is COc1ccc(CNC2CCN(C)CC2C)cc1[N+](=O)[O-]. The van der Waals surface area contributed by atoms with E-state index in [1.54, 1.807) is 12.1 Å². The molecule has 0 aliphatic carbocycles. The topological polar surface area (TPSA) is 67.6 Å². The summed E-state index contributed by atoms with van der Waals surface area (Å²) in [5.41, 5.74) is 0.932. The second-order valence-corrected chi connectivity index (χ2v) is 5.78. The van der Waals surface area contributed by atoms with E-state index < -0.39 is 4.92 Å². The fourth-order valence-corrected chi connectivity index (χ4v) is 2.89. The molecule has 0 aromatic heterocycles. The van der Waals surface area contributed by atoms with E-state index in [1.807, 2.05) is 6.07 Å². The monoisotopic (exact) mass is 293 g/mol. The van der Waals surface area contributed by atoms with Crippen LogP contribution in [-0.4, -0.2) is 43.1 Å². The first kappa shape index (κ1) is 15.7. The molecule has 1 N–H and O–H groups in total. The van der Waals surface area contributed by atoms with Crippen LogP contribution in [0.5, 0.6) is 5.75 Å². The van der Waals surface area contributed by atoms with Gasteiger partial charge in [0.25, 0.3) is 0 Å². The van der Waals surface area contributed by atoms with Crippen LogP contribution in [0.4, 0.5) is 5.69 Å². The van der Waals surface area contributed by atoms with Crippen LogP contribution in [0, 0.1) is 16.0 Å². The molecule has 0 amide bonds. The minimum Gasteiger partial charge on any atom is -0.490 e. The predicted molar refractivity (Wildman–Crippen MR) is 81.6 cm³/mol. The molecule has 0 bridgehead atoms. The highest BCUT2D eigenvalue weighted by Gasteiger charge is 2.23. The van der Waals surface area contributed by atoms with Gasteiger partial charge in [0.1, 0.15) is 0 Å². The van der Waals surface area contributed by atoms with Crippen molar-refractivity contribution in [1.29, 1.82) is 0 Å². The van der Waals surface area contributed by atoms with E-state index in [2.05, 4.69) is 24.2 Å². The molecule has 1 saturated heterocycles. The number of hydrogen-bond acceptors (Lipinski definition) is 5. The molecule has 1 aliphatic heterocycles. The maximum absolute atomic E-state index is 11.0. The van der Waals surface area contributed by atoms with Crippen molar-refractivity contribution >= 4 is 5.69 Å². The molecular weight excluding hydrogens is 270 g/mol. The van der Waals surface area contributed by atoms with Crippen LogP contribution in [0.15, 0.2) is 18.2 Å². The Hall–Kier alpha value is -1.66. The van der Waals surface area contributed by atoms with E-state index >= 15 is 0 Å². The van der Waals surface area contributed by atoms with Crippen molar-refractivity contribution in [2.45, 2.75) is 25.9 Å². The van der Waals surface area contributed by atoms with Crippen molar-refractivity contribution in [2.24, 2.45) is 5.92 Å². The van der Waals surface area contributed by atoms with Gasteiger partial charge in [-0.2, -0.15) is 0 Å². The normalized spacial score (nSPS) is 23.0. The highest BCUT2D eigenvalue weighted by atomic mass is 16.6. The fraction of sp³-hybridized carbons (Fsp3) is 0.600. The van der Waals surface area contributed by atoms with Crippen LogP contribution in [-0.2, 0) is 6.54 Å². The predicted octanol–water partition coefficient (Wildman–Crippen LogP) is 2.03. The van der Waals surface area contributed by atoms with Gasteiger partial charge in [0.15, 0.2) is 5.75 Å². The van der Waals surface area contributed by atoms with Crippen LogP contribution in [0.3, 0.4) is 0 Å². The summed E-state index contributed by atoms with van der Waals surface area (Å²) < 4.78 is 5.02. The fourth-order valence-electron chi connectivity index (χ4n) is 2.89. The second kappa shape index (κ2) is 6.87. The molecular formula is C15H23N3O3. The molecule has 1 aliphatic rings. The number of hydrogen-bond donors (Lipinski definition) is 1. The van der Waals surface area contributed by atoms with Crippen LogP contribution in [0.1, 0.15) is 18.9 Å². The third-order valence-electron chi connectivity index (χ3n) is 4.12. The van der Waals surface area contributed by atoms with Crippen LogP contribution in [0.25, 0.3) is 0 Å². The Morgan fingerprint density at radius 1 is 1.52 bits per heavy atom. The Kier molecular flexibility index (Phi) is 5.14. The number of rotatable bonds is 5. The van der Waals surface area contributed by atoms with Crippen molar-refractivity contribution < 1.29 is 9.66 Å². The van der Waals surface area contributed by atoms with Gasteiger partial charge in [-0.1, -0.05) is 13.0 Å². The lowest BCUT2D eigenvalue weighted by atomic mass is 9.94. The van der Waals surface area contributed by atoms with Crippen LogP contribution < -0.4 is 10.1 Å². The Morgan fingerprint density at radius 2 is 2.29 bits per heavy atom. The largest absolute Gasteiger partial charge is 0.490 e. The number of piperidine rings is 1. The molecule has 0 radical (unpaired) electrons. The van der Waals surface area contributed by atoms with Gasteiger partial charge in [-0.25, -0.2) is 0 Å². The molecule has 2 rings (SSSR count). The maximum Gasteiger partial charge on any atom is 0.311 e. The van der Waals surface area contributed by atoms with Crippen LogP contribution in [0.2, 0.25) is 0 Å². The van der Waals surface area contributed by atoms with E-state index in [1.165, 1.54) is 7.11 Å². The summed E-state index contributed by atoms with van der Waals surface area (Å²) in [4.78, 5) is 13.0. The van der Waals surface area contributed by atoms with Gasteiger partial charge in [-0.05, 0) is 37.6 Å². The maximum atomic E-state index is 11.0. The van der Waals surface area contributed by atoms with Crippen molar-refractivity contribution in [1.82, 2.24) is 10.2 Å². The van der Waals surface area contributed by atoms with Gasteiger partial charge in [0, 0.05) is 25.2 Å². The molecule has 2 atom stereocenters. The average molecular weight is 293 g/mol. The Labute approximate surface area is 125 Å². The number of ether oxygens (including phenoxy) is 1. The molecule has 1 aromatic rings. The zero-order valence-corrected chi connectivity index (χ0v) is 12.8. The summed E-state index contributed by atoms with van der Waals surface area (Å²) in [5, 5.41) is 14.5. The Balaban J connectivity index is 2.00. The van der Waals surface area contributed by atoms with Crippen molar-refractivity contribution in [3.63, 3.8) is 0 Å². The summed E-state index contributed by atoms with van der Waals surface area (Å²) >= 11 is 0. The first-order valence-electron chi connectivity index (χ1n) is 7.24. The number of nitro groups is 1. The number of methoxy groups -OCH3 is 1. The first-order chi connectivity index (χ1) is 10.0. The van der Waals surface area contributed by atoms with Gasteiger partial charge in [0.2, 0.25) is 0 Å². The molecule has 1 fully saturated rings. The molecule has 1 aromatic carbocycles. The lowest BCUT2D eigenvalue weighted by Crippen LogP contribution is -2.46. The summed E-state index contributed by atoms with van der Waals surface area (Å²) in [5.74, 6) is 0.883. The molecule has 6 heteroatoms. The van der Waals surface area contributed by atoms with E-state index in [0.717, 1.165) is 25.1 Å². The molecule has 1 heterocycles. The Bertz CT molecular complexity index is 507. The van der Waals surface area contributed by atoms with Crippen molar-refractivity contribution in [3.05, 3.63) is 33.9 Å². The third kappa shape index (κ3) is 3.92. The smallest absolute Gasteiger partial charge is 0.311 e. The van der Waals surface area contributed by atoms with Gasteiger partial charge in [-0.15, -0.1) is 0 Å². The number of nitro benzene ring substituents is 1. The summed E-state index contributed by atoms with van der Waals surface area (Å²) in [6, 6.07) is 5.58. The van der Waals surface area contributed by atoms with E-state index in [9.17, 15) is 10.1 Å². The standard InChI is InChI=1S/C15H23N3O3/c1-11-10-17(2)7-6-13(11)16-9-12-4-5-15(21-3)14(8-12)18(19)20/h4-5,8,11,13,16H,6-7,9-10H2,1-3H3. The van der Waals surface area contributed by atoms with Crippen LogP contribution >= 0.6 is 0 Å². The third-order valence-corrected chi connectivity index (χ3v) is 4.12. The quantitative estimate of drug-likeness (QED) is 0.664. The summed E-state index contributed by atoms with van der Waals surface area (Å²) in [7, 11) is 3.58. The summed E-state index contributed by atoms with van der Waals surface area (Å²) in [6.07, 6.45) is 1.11. The summed E-state index contributed by atoms with van der Waals surface area (Å²) in [6.45, 7) is 5.05. The number of benzene rings is 1. The van der Waals surface area contributed by atoms with E-state index in [-0.39, 0.29) is 5.69 Å². The average Bonchev–Trinajstić information content (AvgIpc) is 2.46. The number of nitrogens with zero attached hydrogens (tertiary/aromatic N) is 2. The first-order valence-corrected chi connectivity index (χ1v) is 7.24. The van der Waals surface area contributed by atoms with Gasteiger partial charge >= 0.3 is 5.69 Å². The molecule has 6 nitrogen and oxygen atoms in total. The minimum absolute atomic E-state index is 0.0215. The highest BCUT2D eigenvalue weighted by molar-refractivity contribution is 5.48. The van der Waals surface area contributed by atoms with E-state index in [4.69, 9.17) is 4.74 Å². The highest BCUT2D eigenvalue weighted by Crippen LogP contribution is 2.27. The van der Waals surface area contributed by atoms with Crippen molar-refractivity contribution in [3.8, 4) is 5.75 Å². The molecule has 116 valence electrons. The second-order valence-electron chi connectivity index (χ2n) is 5.78. The zero-order chi connectivity index (χ0) is 15.4. The van der Waals surface area contributed by atoms with Gasteiger partial charge in [0.05, 0.1) is 12.0 Å². The van der Waals surface area contributed by atoms with Gasteiger partial charge in [-0.3, -0.25) is 10.1 Å². The lowest BCUT2D eigenvalue weighted by Gasteiger charge is -2.35. The molecule has 0 saturated carbocycles. The minimum atomic E-state index is -0.402. The zero-order valence-electron chi connectivity index (χ0n) is 12.8. The lowest BCUT2D eigenvalue weighted by molar-refractivity contribution is -0.385. The number of likely N-dealkylation sites (tertiary alicyclic amines) is 1. The van der Waals surface area contributed by atoms with Gasteiger partial charge < -0.3 is 15.0 Å². The molecule has 2 unspecified atom stereocenters. The number of nitrogens with one attached hydrogen (secondary N) is 1. The molecule has 21 heavy (non-hydrogen) atoms. The van der Waals surface area contributed by atoms with Crippen molar-refractivity contribution in [2.75, 3.05) is 27.2 Å². The molecule has 0 spiro atoms.